The minimum Gasteiger partial charge on any atom is -0.337 e. The van der Waals surface area contributed by atoms with Crippen LogP contribution in [-0.2, 0) is 0 Å². The number of likely N-dealkylation sites (tertiary alicyclic amines) is 1. The second-order valence-corrected chi connectivity index (χ2v) is 5.79. The number of hydrogen-bond donors (Lipinski definition) is 0. The van der Waals surface area contributed by atoms with E-state index in [1.807, 2.05) is 35.2 Å². The number of nitrogens with zero attached hydrogens (tertiary/aromatic N) is 4. The van der Waals surface area contributed by atoms with Crippen LogP contribution in [0.2, 0.25) is 0 Å². The molecule has 1 saturated heterocycles. The highest BCUT2D eigenvalue weighted by molar-refractivity contribution is 5.93. The monoisotopic (exact) mass is 316 g/mol. The maximum absolute atomic E-state index is 12.4. The van der Waals surface area contributed by atoms with E-state index in [0.717, 1.165) is 37.1 Å². The number of carbonyl (C=O) groups excluding carboxylic acids is 1. The zero-order chi connectivity index (χ0) is 16.4. The van der Waals surface area contributed by atoms with Gasteiger partial charge in [0.2, 0.25) is 0 Å². The summed E-state index contributed by atoms with van der Waals surface area (Å²) in [5.41, 5.74) is 2.80. The summed E-state index contributed by atoms with van der Waals surface area (Å²) >= 11 is 0. The van der Waals surface area contributed by atoms with E-state index in [1.165, 1.54) is 0 Å². The van der Waals surface area contributed by atoms with Crippen molar-refractivity contribution in [3.63, 3.8) is 0 Å². The van der Waals surface area contributed by atoms with Crippen molar-refractivity contribution < 1.29 is 4.79 Å². The van der Waals surface area contributed by atoms with Gasteiger partial charge in [-0.1, -0.05) is 30.0 Å². The Bertz CT molecular complexity index is 944. The van der Waals surface area contributed by atoms with Gasteiger partial charge in [-0.15, -0.1) is 0 Å². The summed E-state index contributed by atoms with van der Waals surface area (Å²) in [5, 5.41) is 4.37. The van der Waals surface area contributed by atoms with Gasteiger partial charge in [0.25, 0.3) is 5.91 Å². The summed E-state index contributed by atoms with van der Waals surface area (Å²) in [5.74, 6) is 6.15. The predicted octanol–water partition coefficient (Wildman–Crippen LogP) is 2.37. The summed E-state index contributed by atoms with van der Waals surface area (Å²) in [7, 11) is 0. The lowest BCUT2D eigenvalue weighted by molar-refractivity contribution is 0.0786. The van der Waals surface area contributed by atoms with Crippen molar-refractivity contribution >= 4 is 11.6 Å². The predicted molar refractivity (Wildman–Crippen MR) is 90.5 cm³/mol. The van der Waals surface area contributed by atoms with E-state index in [1.54, 1.807) is 23.0 Å². The smallest absolute Gasteiger partial charge is 0.274 e. The maximum atomic E-state index is 12.4. The van der Waals surface area contributed by atoms with Crippen LogP contribution in [0.4, 0.5) is 0 Å². The first-order valence-electron chi connectivity index (χ1n) is 8.01. The molecule has 5 heteroatoms. The standard InChI is InChI=1S/C19H16N4O/c24-19(22-10-4-5-11-22)17-12-18-20-13-16(14-23(18)21-17)9-8-15-6-2-1-3-7-15/h1-3,6-7,12-14H,4-5,10-11H2. The van der Waals surface area contributed by atoms with Crippen molar-refractivity contribution in [2.75, 3.05) is 13.1 Å². The lowest BCUT2D eigenvalue weighted by Crippen LogP contribution is -2.27. The molecule has 24 heavy (non-hydrogen) atoms. The third-order valence-electron chi connectivity index (χ3n) is 4.05. The van der Waals surface area contributed by atoms with Gasteiger partial charge in [0.15, 0.2) is 11.3 Å². The molecule has 0 spiro atoms. The fourth-order valence-electron chi connectivity index (χ4n) is 2.79. The Balaban J connectivity index is 1.62. The number of benzene rings is 1. The van der Waals surface area contributed by atoms with E-state index < -0.39 is 0 Å². The van der Waals surface area contributed by atoms with E-state index in [4.69, 9.17) is 0 Å². The number of carbonyl (C=O) groups is 1. The summed E-state index contributed by atoms with van der Waals surface area (Å²) in [6.07, 6.45) is 5.64. The van der Waals surface area contributed by atoms with Crippen LogP contribution in [-0.4, -0.2) is 38.5 Å². The van der Waals surface area contributed by atoms with Crippen LogP contribution in [0, 0.1) is 11.8 Å². The van der Waals surface area contributed by atoms with Crippen molar-refractivity contribution in [3.05, 3.63) is 65.6 Å². The van der Waals surface area contributed by atoms with Crippen LogP contribution in [0.5, 0.6) is 0 Å². The van der Waals surface area contributed by atoms with Crippen LogP contribution in [0.3, 0.4) is 0 Å². The Hall–Kier alpha value is -3.13. The molecule has 5 nitrogen and oxygen atoms in total. The van der Waals surface area contributed by atoms with Gasteiger partial charge in [-0.2, -0.15) is 5.10 Å². The summed E-state index contributed by atoms with van der Waals surface area (Å²) < 4.78 is 1.62. The summed E-state index contributed by atoms with van der Waals surface area (Å²) in [6, 6.07) is 11.5. The average molecular weight is 316 g/mol. The van der Waals surface area contributed by atoms with Crippen molar-refractivity contribution in [2.45, 2.75) is 12.8 Å². The lowest BCUT2D eigenvalue weighted by atomic mass is 10.2. The molecule has 0 N–H and O–H groups in total. The minimum atomic E-state index is -0.0186. The van der Waals surface area contributed by atoms with E-state index in [-0.39, 0.29) is 5.91 Å². The molecular formula is C19H16N4O. The Labute approximate surface area is 139 Å². The van der Waals surface area contributed by atoms with Gasteiger partial charge >= 0.3 is 0 Å². The average Bonchev–Trinajstić information content (AvgIpc) is 3.29. The SMILES string of the molecule is O=C(c1cc2ncc(C#Cc3ccccc3)cn2n1)N1CCCC1. The number of aromatic nitrogens is 3. The largest absolute Gasteiger partial charge is 0.337 e. The normalized spacial score (nSPS) is 13.8. The third kappa shape index (κ3) is 2.86. The van der Waals surface area contributed by atoms with Gasteiger partial charge in [-0.05, 0) is 25.0 Å². The molecule has 1 aromatic carbocycles. The van der Waals surface area contributed by atoms with Crippen LogP contribution >= 0.6 is 0 Å². The van der Waals surface area contributed by atoms with Gasteiger partial charge in [-0.25, -0.2) is 9.50 Å². The van der Waals surface area contributed by atoms with Crippen molar-refractivity contribution in [2.24, 2.45) is 0 Å². The van der Waals surface area contributed by atoms with Crippen molar-refractivity contribution in [1.82, 2.24) is 19.5 Å². The van der Waals surface area contributed by atoms with Gasteiger partial charge in [0.05, 0.1) is 5.56 Å². The molecule has 0 saturated carbocycles. The maximum Gasteiger partial charge on any atom is 0.274 e. The molecule has 0 unspecified atom stereocenters. The molecule has 2 aromatic heterocycles. The molecule has 0 radical (unpaired) electrons. The molecule has 118 valence electrons. The number of amides is 1. The molecule has 1 aliphatic rings. The fraction of sp³-hybridized carbons (Fsp3) is 0.211. The first-order chi connectivity index (χ1) is 11.8. The van der Waals surface area contributed by atoms with E-state index in [0.29, 0.717) is 11.3 Å². The first kappa shape index (κ1) is 14.5. The number of fused-ring (bicyclic) bond motifs is 1. The summed E-state index contributed by atoms with van der Waals surface area (Å²) in [4.78, 5) is 18.6. The molecule has 0 atom stereocenters. The first-order valence-corrected chi connectivity index (χ1v) is 8.01. The molecule has 0 aliphatic carbocycles. The molecule has 1 fully saturated rings. The molecule has 4 rings (SSSR count). The lowest BCUT2D eigenvalue weighted by Gasteiger charge is -2.12. The Morgan fingerprint density at radius 2 is 1.79 bits per heavy atom. The molecule has 3 aromatic rings. The summed E-state index contributed by atoms with van der Waals surface area (Å²) in [6.45, 7) is 1.63. The molecule has 1 aliphatic heterocycles. The Kier molecular flexibility index (Phi) is 3.72. The second kappa shape index (κ2) is 6.17. The van der Waals surface area contributed by atoms with Gasteiger partial charge in [0, 0.05) is 37.1 Å². The topological polar surface area (TPSA) is 50.5 Å². The number of hydrogen-bond acceptors (Lipinski definition) is 3. The highest BCUT2D eigenvalue weighted by atomic mass is 16.2. The van der Waals surface area contributed by atoms with E-state index >= 15 is 0 Å². The Morgan fingerprint density at radius 1 is 1.04 bits per heavy atom. The van der Waals surface area contributed by atoms with Crippen LogP contribution in [0.15, 0.2) is 48.8 Å². The van der Waals surface area contributed by atoms with E-state index in [9.17, 15) is 4.79 Å². The van der Waals surface area contributed by atoms with E-state index in [2.05, 4.69) is 21.9 Å². The highest BCUT2D eigenvalue weighted by Crippen LogP contribution is 2.13. The van der Waals surface area contributed by atoms with Gasteiger partial charge < -0.3 is 4.90 Å². The number of rotatable bonds is 1. The van der Waals surface area contributed by atoms with Crippen LogP contribution in [0.25, 0.3) is 5.65 Å². The van der Waals surface area contributed by atoms with Gasteiger partial charge in [0.1, 0.15) is 0 Å². The minimum absolute atomic E-state index is 0.0186. The van der Waals surface area contributed by atoms with Crippen LogP contribution in [0.1, 0.15) is 34.5 Å². The Morgan fingerprint density at radius 3 is 2.58 bits per heavy atom. The highest BCUT2D eigenvalue weighted by Gasteiger charge is 2.22. The molecular weight excluding hydrogens is 300 g/mol. The molecule has 0 bridgehead atoms. The van der Waals surface area contributed by atoms with Gasteiger partial charge in [-0.3, -0.25) is 4.79 Å². The van der Waals surface area contributed by atoms with Crippen molar-refractivity contribution in [3.8, 4) is 11.8 Å². The zero-order valence-corrected chi connectivity index (χ0v) is 13.1. The quantitative estimate of drug-likeness (QED) is 0.648. The molecule has 1 amide bonds. The van der Waals surface area contributed by atoms with Crippen LogP contribution < -0.4 is 0 Å². The second-order valence-electron chi connectivity index (χ2n) is 5.79. The fourth-order valence-corrected chi connectivity index (χ4v) is 2.79. The molecule has 3 heterocycles. The van der Waals surface area contributed by atoms with Crippen molar-refractivity contribution in [1.29, 1.82) is 0 Å². The third-order valence-corrected chi connectivity index (χ3v) is 4.05. The zero-order valence-electron chi connectivity index (χ0n) is 13.1.